The predicted molar refractivity (Wildman–Crippen MR) is 71.1 cm³/mol. The maximum Gasteiger partial charge on any atom is 0.508 e. The van der Waals surface area contributed by atoms with E-state index in [0.29, 0.717) is 6.61 Å². The Morgan fingerprint density at radius 1 is 1.28 bits per heavy atom. The number of rotatable bonds is 8. The number of carbonyl (C=O) groups excluding carboxylic acids is 1. The fourth-order valence-corrected chi connectivity index (χ4v) is 2.06. The summed E-state index contributed by atoms with van der Waals surface area (Å²) in [5.41, 5.74) is 0. The molecule has 1 atom stereocenters. The number of nitrogens with zero attached hydrogens (tertiary/aromatic N) is 1. The Kier molecular flexibility index (Phi) is 7.81. The molecule has 0 aromatic carbocycles. The van der Waals surface area contributed by atoms with Gasteiger partial charge in [0.25, 0.3) is 0 Å². The first kappa shape index (κ1) is 15.3. The van der Waals surface area contributed by atoms with Gasteiger partial charge in [0.05, 0.1) is 6.61 Å². The molecule has 0 aromatic rings. The molecule has 1 aliphatic heterocycles. The van der Waals surface area contributed by atoms with Crippen molar-refractivity contribution in [2.24, 2.45) is 0 Å². The molecule has 1 radical (unpaired) electrons. The number of hydrogen-bond acceptors (Lipinski definition) is 4. The molecule has 1 aliphatic rings. The molecule has 0 aliphatic carbocycles. The molecule has 1 saturated heterocycles. The van der Waals surface area contributed by atoms with Crippen molar-refractivity contribution >= 4 is 6.16 Å². The third-order valence-electron chi connectivity index (χ3n) is 3.15. The second kappa shape index (κ2) is 9.20. The minimum atomic E-state index is -0.516. The quantitative estimate of drug-likeness (QED) is 0.493. The van der Waals surface area contributed by atoms with Crippen molar-refractivity contribution in [2.75, 3.05) is 20.2 Å². The first-order chi connectivity index (χ1) is 8.72. The van der Waals surface area contributed by atoms with E-state index in [1.807, 2.05) is 18.5 Å². The molecule has 0 spiro atoms. The summed E-state index contributed by atoms with van der Waals surface area (Å²) in [6.07, 6.45) is 7.39. The summed E-state index contributed by atoms with van der Waals surface area (Å²) >= 11 is 0. The second-order valence-corrected chi connectivity index (χ2v) is 4.96. The zero-order valence-electron chi connectivity index (χ0n) is 11.7. The topological polar surface area (TPSA) is 38.8 Å². The smallest absolute Gasteiger partial charge is 0.434 e. The Morgan fingerprint density at radius 3 is 2.67 bits per heavy atom. The van der Waals surface area contributed by atoms with Crippen molar-refractivity contribution in [2.45, 2.75) is 58.0 Å². The molecule has 18 heavy (non-hydrogen) atoms. The molecule has 4 nitrogen and oxygen atoms in total. The lowest BCUT2D eigenvalue weighted by Crippen LogP contribution is -2.22. The number of likely N-dealkylation sites (N-methyl/N-ethyl adjacent to an activating group) is 1. The van der Waals surface area contributed by atoms with Crippen molar-refractivity contribution in [3.8, 4) is 0 Å². The first-order valence-corrected chi connectivity index (χ1v) is 7.09. The molecule has 1 rings (SSSR count). The molecule has 1 unspecified atom stereocenters. The molecular weight excluding hydrogens is 230 g/mol. The van der Waals surface area contributed by atoms with E-state index in [-0.39, 0.29) is 6.10 Å². The van der Waals surface area contributed by atoms with Crippen LogP contribution >= 0.6 is 0 Å². The highest BCUT2D eigenvalue weighted by Gasteiger charge is 2.23. The number of hydrogen-bond donors (Lipinski definition) is 0. The van der Waals surface area contributed by atoms with Crippen molar-refractivity contribution in [1.29, 1.82) is 0 Å². The van der Waals surface area contributed by atoms with Gasteiger partial charge in [0, 0.05) is 19.5 Å². The van der Waals surface area contributed by atoms with Crippen molar-refractivity contribution < 1.29 is 14.3 Å². The standard InChI is InChI=1S/C14H26NO3/c1-3-4-5-6-7-8-11-17-14(16)18-13-9-10-15(2)12-13/h10,13H,3-9,11-12H2,1-2H3. The molecule has 0 N–H and O–H groups in total. The van der Waals surface area contributed by atoms with Gasteiger partial charge in [-0.25, -0.2) is 4.79 Å². The van der Waals surface area contributed by atoms with Crippen molar-refractivity contribution in [3.63, 3.8) is 0 Å². The molecule has 0 aromatic heterocycles. The minimum absolute atomic E-state index is 0.0351. The predicted octanol–water partition coefficient (Wildman–Crippen LogP) is 3.37. The second-order valence-electron chi connectivity index (χ2n) is 4.96. The lowest BCUT2D eigenvalue weighted by molar-refractivity contribution is 0.0263. The molecule has 1 fully saturated rings. The summed E-state index contributed by atoms with van der Waals surface area (Å²) in [5.74, 6) is 0. The van der Waals surface area contributed by atoms with Crippen LogP contribution in [-0.4, -0.2) is 37.4 Å². The van der Waals surface area contributed by atoms with Gasteiger partial charge in [-0.1, -0.05) is 39.0 Å². The van der Waals surface area contributed by atoms with Gasteiger partial charge in [0.1, 0.15) is 6.10 Å². The summed E-state index contributed by atoms with van der Waals surface area (Å²) in [6, 6.07) is 0. The number of unbranched alkanes of at least 4 members (excludes halogenated alkanes) is 5. The monoisotopic (exact) mass is 256 g/mol. The van der Waals surface area contributed by atoms with Crippen LogP contribution < -0.4 is 0 Å². The van der Waals surface area contributed by atoms with E-state index in [1.165, 1.54) is 25.7 Å². The van der Waals surface area contributed by atoms with E-state index in [0.717, 1.165) is 25.8 Å². The lowest BCUT2D eigenvalue weighted by Gasteiger charge is -2.12. The highest BCUT2D eigenvalue weighted by atomic mass is 16.7. The number of ether oxygens (including phenoxy) is 2. The summed E-state index contributed by atoms with van der Waals surface area (Å²) in [7, 11) is 1.98. The SMILES string of the molecule is CCCCCCCCOC(=O)OC1C[CH]N(C)C1. The summed E-state index contributed by atoms with van der Waals surface area (Å²) in [4.78, 5) is 13.4. The van der Waals surface area contributed by atoms with Crippen molar-refractivity contribution in [1.82, 2.24) is 4.90 Å². The number of likely N-dealkylation sites (tertiary alicyclic amines) is 1. The van der Waals surface area contributed by atoms with E-state index < -0.39 is 6.16 Å². The van der Waals surface area contributed by atoms with Gasteiger partial charge in [-0.2, -0.15) is 0 Å². The zero-order chi connectivity index (χ0) is 13.2. The molecular formula is C14H26NO3. The van der Waals surface area contributed by atoms with E-state index in [4.69, 9.17) is 9.47 Å². The van der Waals surface area contributed by atoms with E-state index >= 15 is 0 Å². The van der Waals surface area contributed by atoms with E-state index in [2.05, 4.69) is 6.92 Å². The van der Waals surface area contributed by atoms with Gasteiger partial charge in [0.2, 0.25) is 0 Å². The van der Waals surface area contributed by atoms with Gasteiger partial charge >= 0.3 is 6.16 Å². The largest absolute Gasteiger partial charge is 0.508 e. The molecule has 4 heteroatoms. The van der Waals surface area contributed by atoms with Crippen LogP contribution in [0.3, 0.4) is 0 Å². The van der Waals surface area contributed by atoms with Crippen molar-refractivity contribution in [3.05, 3.63) is 6.54 Å². The normalized spacial score (nSPS) is 20.0. The third kappa shape index (κ3) is 6.84. The summed E-state index contributed by atoms with van der Waals surface area (Å²) in [5, 5.41) is 0. The van der Waals surface area contributed by atoms with Gasteiger partial charge < -0.3 is 9.47 Å². The molecule has 1 heterocycles. The summed E-state index contributed by atoms with van der Waals surface area (Å²) in [6.45, 7) is 5.49. The average Bonchev–Trinajstić information content (AvgIpc) is 2.73. The first-order valence-electron chi connectivity index (χ1n) is 7.09. The van der Waals surface area contributed by atoms with E-state index in [1.54, 1.807) is 0 Å². The van der Waals surface area contributed by atoms with Crippen LogP contribution in [0.5, 0.6) is 0 Å². The zero-order valence-corrected chi connectivity index (χ0v) is 11.7. The number of carbonyl (C=O) groups is 1. The highest BCUT2D eigenvalue weighted by Crippen LogP contribution is 2.14. The maximum absolute atomic E-state index is 11.4. The average molecular weight is 256 g/mol. The van der Waals surface area contributed by atoms with Gasteiger partial charge in [-0.05, 0) is 13.5 Å². The third-order valence-corrected chi connectivity index (χ3v) is 3.15. The van der Waals surface area contributed by atoms with Crippen LogP contribution in [-0.2, 0) is 9.47 Å². The van der Waals surface area contributed by atoms with Crippen LogP contribution in [0.4, 0.5) is 4.79 Å². The highest BCUT2D eigenvalue weighted by molar-refractivity contribution is 5.60. The molecule has 0 bridgehead atoms. The van der Waals surface area contributed by atoms with Crippen LogP contribution in [0.1, 0.15) is 51.9 Å². The van der Waals surface area contributed by atoms with Crippen LogP contribution in [0.15, 0.2) is 0 Å². The molecule has 0 saturated carbocycles. The fourth-order valence-electron chi connectivity index (χ4n) is 2.06. The fraction of sp³-hybridized carbons (Fsp3) is 0.857. The van der Waals surface area contributed by atoms with Crippen LogP contribution in [0.2, 0.25) is 0 Å². The van der Waals surface area contributed by atoms with Gasteiger partial charge in [-0.3, -0.25) is 4.90 Å². The maximum atomic E-state index is 11.4. The minimum Gasteiger partial charge on any atom is -0.434 e. The van der Waals surface area contributed by atoms with Gasteiger partial charge in [0.15, 0.2) is 0 Å². The van der Waals surface area contributed by atoms with Crippen LogP contribution in [0.25, 0.3) is 0 Å². The lowest BCUT2D eigenvalue weighted by atomic mass is 10.1. The Hall–Kier alpha value is -0.770. The Bertz CT molecular complexity index is 233. The Morgan fingerprint density at radius 2 is 2.00 bits per heavy atom. The van der Waals surface area contributed by atoms with Gasteiger partial charge in [-0.15, -0.1) is 0 Å². The molecule has 105 valence electrons. The summed E-state index contributed by atoms with van der Waals surface area (Å²) < 4.78 is 10.2. The van der Waals surface area contributed by atoms with E-state index in [9.17, 15) is 4.79 Å². The Labute approximate surface area is 111 Å². The Balaban J connectivity index is 1.90. The molecule has 0 amide bonds. The van der Waals surface area contributed by atoms with Crippen LogP contribution in [0, 0.1) is 6.54 Å².